The molecular formula is C20H28N4O4. The lowest BCUT2D eigenvalue weighted by atomic mass is 10.00. The Hall–Kier alpha value is -2.48. The van der Waals surface area contributed by atoms with Crippen molar-refractivity contribution in [3.63, 3.8) is 0 Å². The third kappa shape index (κ3) is 4.01. The van der Waals surface area contributed by atoms with Gasteiger partial charge in [-0.15, -0.1) is 0 Å². The van der Waals surface area contributed by atoms with Gasteiger partial charge in [0.15, 0.2) is 0 Å². The number of carbonyl (C=O) groups excluding carboxylic acids is 1. The van der Waals surface area contributed by atoms with Gasteiger partial charge in [0.25, 0.3) is 11.6 Å². The Morgan fingerprint density at radius 3 is 2.61 bits per heavy atom. The van der Waals surface area contributed by atoms with Crippen molar-refractivity contribution < 1.29 is 19.2 Å². The highest BCUT2D eigenvalue weighted by molar-refractivity contribution is 6.06. The van der Waals surface area contributed by atoms with Crippen LogP contribution in [0, 0.1) is 6.92 Å². The first-order valence-electron chi connectivity index (χ1n) is 9.83. The molecule has 1 saturated heterocycles. The SMILES string of the molecule is CCN(CC(=O)O)C1CCN(C(=O)c2cc(C(C)C)nc3onc(C)c23)CC1. The van der Waals surface area contributed by atoms with Crippen LogP contribution in [-0.4, -0.2) is 69.1 Å². The number of carbonyl (C=O) groups is 2. The lowest BCUT2D eigenvalue weighted by Crippen LogP contribution is -2.48. The van der Waals surface area contributed by atoms with Crippen LogP contribution in [0.15, 0.2) is 10.6 Å². The first kappa shape index (κ1) is 20.3. The van der Waals surface area contributed by atoms with E-state index < -0.39 is 5.97 Å². The predicted molar refractivity (Wildman–Crippen MR) is 104 cm³/mol. The van der Waals surface area contributed by atoms with Crippen molar-refractivity contribution in [3.05, 3.63) is 23.0 Å². The number of likely N-dealkylation sites (tertiary alicyclic amines) is 1. The third-order valence-corrected chi connectivity index (χ3v) is 5.47. The summed E-state index contributed by atoms with van der Waals surface area (Å²) in [5.74, 6) is -0.690. The molecule has 1 amide bonds. The van der Waals surface area contributed by atoms with Crippen LogP contribution >= 0.6 is 0 Å². The van der Waals surface area contributed by atoms with Crippen molar-refractivity contribution in [2.24, 2.45) is 0 Å². The molecule has 1 aliphatic rings. The number of aromatic nitrogens is 2. The molecule has 0 aromatic carbocycles. The van der Waals surface area contributed by atoms with E-state index in [4.69, 9.17) is 9.63 Å². The summed E-state index contributed by atoms with van der Waals surface area (Å²) < 4.78 is 5.32. The second-order valence-electron chi connectivity index (χ2n) is 7.68. The highest BCUT2D eigenvalue weighted by Gasteiger charge is 2.29. The van der Waals surface area contributed by atoms with Crippen LogP contribution in [0.4, 0.5) is 0 Å². The fraction of sp³-hybridized carbons (Fsp3) is 0.600. The highest BCUT2D eigenvalue weighted by atomic mass is 16.5. The van der Waals surface area contributed by atoms with Gasteiger partial charge in [-0.2, -0.15) is 0 Å². The van der Waals surface area contributed by atoms with Gasteiger partial charge < -0.3 is 14.5 Å². The molecule has 0 aliphatic carbocycles. The molecule has 0 spiro atoms. The summed E-state index contributed by atoms with van der Waals surface area (Å²) in [7, 11) is 0. The predicted octanol–water partition coefficient (Wildman–Crippen LogP) is 2.67. The lowest BCUT2D eigenvalue weighted by molar-refractivity contribution is -0.139. The van der Waals surface area contributed by atoms with Gasteiger partial charge >= 0.3 is 5.97 Å². The molecule has 2 aromatic heterocycles. The van der Waals surface area contributed by atoms with Crippen LogP contribution in [0.3, 0.4) is 0 Å². The van der Waals surface area contributed by atoms with E-state index in [1.807, 2.05) is 43.6 Å². The molecule has 0 bridgehead atoms. The zero-order chi connectivity index (χ0) is 20.4. The van der Waals surface area contributed by atoms with Gasteiger partial charge in [0.2, 0.25) is 0 Å². The maximum Gasteiger partial charge on any atom is 0.317 e. The van der Waals surface area contributed by atoms with Gasteiger partial charge in [-0.3, -0.25) is 14.5 Å². The Morgan fingerprint density at radius 1 is 1.36 bits per heavy atom. The average Bonchev–Trinajstić information content (AvgIpc) is 3.06. The fourth-order valence-electron chi connectivity index (χ4n) is 3.86. The molecule has 8 heteroatoms. The Balaban J connectivity index is 1.80. The van der Waals surface area contributed by atoms with Crippen LogP contribution in [0.25, 0.3) is 11.1 Å². The molecule has 3 heterocycles. The van der Waals surface area contributed by atoms with E-state index in [9.17, 15) is 9.59 Å². The van der Waals surface area contributed by atoms with Crippen LogP contribution in [0.2, 0.25) is 0 Å². The Kier molecular flexibility index (Phi) is 5.98. The van der Waals surface area contributed by atoms with Crippen LogP contribution in [0.1, 0.15) is 61.3 Å². The number of aliphatic carboxylic acids is 1. The second kappa shape index (κ2) is 8.26. The Bertz CT molecular complexity index is 868. The third-order valence-electron chi connectivity index (χ3n) is 5.47. The van der Waals surface area contributed by atoms with E-state index in [0.29, 0.717) is 42.0 Å². The normalized spacial score (nSPS) is 15.7. The van der Waals surface area contributed by atoms with Crippen LogP contribution in [0.5, 0.6) is 0 Å². The van der Waals surface area contributed by atoms with Gasteiger partial charge in [-0.25, -0.2) is 4.98 Å². The molecule has 2 aromatic rings. The first-order valence-corrected chi connectivity index (χ1v) is 9.83. The number of amides is 1. The molecule has 0 atom stereocenters. The molecule has 1 fully saturated rings. The molecule has 0 radical (unpaired) electrons. The minimum absolute atomic E-state index is 0.0394. The molecule has 1 N–H and O–H groups in total. The van der Waals surface area contributed by atoms with Gasteiger partial charge in [0.05, 0.1) is 23.2 Å². The van der Waals surface area contributed by atoms with E-state index in [1.54, 1.807) is 0 Å². The minimum Gasteiger partial charge on any atom is -0.480 e. The maximum atomic E-state index is 13.3. The number of carboxylic acid groups (broad SMARTS) is 1. The lowest BCUT2D eigenvalue weighted by Gasteiger charge is -2.37. The second-order valence-corrected chi connectivity index (χ2v) is 7.68. The monoisotopic (exact) mass is 388 g/mol. The summed E-state index contributed by atoms with van der Waals surface area (Å²) in [5, 5.41) is 13.8. The average molecular weight is 388 g/mol. The fourth-order valence-corrected chi connectivity index (χ4v) is 3.86. The summed E-state index contributed by atoms with van der Waals surface area (Å²) in [6.07, 6.45) is 1.53. The molecule has 28 heavy (non-hydrogen) atoms. The van der Waals surface area contributed by atoms with E-state index >= 15 is 0 Å². The molecule has 0 unspecified atom stereocenters. The largest absolute Gasteiger partial charge is 0.480 e. The van der Waals surface area contributed by atoms with E-state index in [2.05, 4.69) is 10.1 Å². The zero-order valence-corrected chi connectivity index (χ0v) is 16.9. The number of likely N-dealkylation sites (N-methyl/N-ethyl adjacent to an activating group) is 1. The zero-order valence-electron chi connectivity index (χ0n) is 16.9. The molecule has 1 aliphatic heterocycles. The van der Waals surface area contributed by atoms with Gasteiger partial charge in [-0.1, -0.05) is 25.9 Å². The Labute approximate surface area is 164 Å². The number of pyridine rings is 1. The van der Waals surface area contributed by atoms with Gasteiger partial charge in [0.1, 0.15) is 0 Å². The van der Waals surface area contributed by atoms with Crippen molar-refractivity contribution in [1.82, 2.24) is 19.9 Å². The van der Waals surface area contributed by atoms with Gasteiger partial charge in [-0.05, 0) is 38.3 Å². The Morgan fingerprint density at radius 2 is 2.04 bits per heavy atom. The molecular weight excluding hydrogens is 360 g/mol. The number of hydrogen-bond donors (Lipinski definition) is 1. The number of hydrogen-bond acceptors (Lipinski definition) is 6. The molecule has 3 rings (SSSR count). The van der Waals surface area contributed by atoms with Crippen molar-refractivity contribution in [1.29, 1.82) is 0 Å². The van der Waals surface area contributed by atoms with Crippen molar-refractivity contribution in [2.45, 2.75) is 52.5 Å². The standard InChI is InChI=1S/C20H28N4O4/c1-5-23(11-17(25)26)14-6-8-24(9-7-14)20(27)15-10-16(12(2)3)21-19-18(15)13(4)22-28-19/h10,12,14H,5-9,11H2,1-4H3,(H,25,26). The first-order chi connectivity index (χ1) is 13.3. The number of rotatable bonds is 6. The topological polar surface area (TPSA) is 99.8 Å². The summed E-state index contributed by atoms with van der Waals surface area (Å²) >= 11 is 0. The number of nitrogens with zero attached hydrogens (tertiary/aromatic N) is 4. The van der Waals surface area contributed by atoms with E-state index in [1.165, 1.54) is 0 Å². The highest BCUT2D eigenvalue weighted by Crippen LogP contribution is 2.27. The molecule has 152 valence electrons. The molecule has 0 saturated carbocycles. The van der Waals surface area contributed by atoms with Crippen molar-refractivity contribution in [3.8, 4) is 0 Å². The maximum absolute atomic E-state index is 13.3. The molecule has 8 nitrogen and oxygen atoms in total. The van der Waals surface area contributed by atoms with Crippen molar-refractivity contribution >= 4 is 23.0 Å². The summed E-state index contributed by atoms with van der Waals surface area (Å²) in [4.78, 5) is 32.7. The van der Waals surface area contributed by atoms with Crippen molar-refractivity contribution in [2.75, 3.05) is 26.2 Å². The van der Waals surface area contributed by atoms with E-state index in [0.717, 1.165) is 18.5 Å². The quantitative estimate of drug-likeness (QED) is 0.812. The van der Waals surface area contributed by atoms with Gasteiger partial charge in [0, 0.05) is 24.8 Å². The van der Waals surface area contributed by atoms with E-state index in [-0.39, 0.29) is 24.4 Å². The number of piperidine rings is 1. The number of carboxylic acids is 1. The van der Waals surface area contributed by atoms with Crippen LogP contribution in [-0.2, 0) is 4.79 Å². The summed E-state index contributed by atoms with van der Waals surface area (Å²) in [6.45, 7) is 9.77. The smallest absolute Gasteiger partial charge is 0.317 e. The number of fused-ring (bicyclic) bond motifs is 1. The minimum atomic E-state index is -0.816. The summed E-state index contributed by atoms with van der Waals surface area (Å²) in [6, 6.07) is 2.04. The van der Waals surface area contributed by atoms with Crippen LogP contribution < -0.4 is 0 Å². The number of aryl methyl sites for hydroxylation is 1. The summed E-state index contributed by atoms with van der Waals surface area (Å²) in [5.41, 5.74) is 2.46.